The van der Waals surface area contributed by atoms with Crippen LogP contribution in [0.4, 0.5) is 10.1 Å². The molecule has 1 aliphatic rings. The molecule has 20 heavy (non-hydrogen) atoms. The maximum atomic E-state index is 13.2. The molecule has 1 saturated heterocycles. The fourth-order valence-electron chi connectivity index (χ4n) is 2.88. The van der Waals surface area contributed by atoms with Crippen LogP contribution in [0.2, 0.25) is 0 Å². The maximum Gasteiger partial charge on any atom is 0.152 e. The van der Waals surface area contributed by atoms with Gasteiger partial charge in [-0.2, -0.15) is 0 Å². The molecule has 2 aromatic carbocycles. The molecule has 0 radical (unpaired) electrons. The van der Waals surface area contributed by atoms with Gasteiger partial charge in [-0.3, -0.25) is 4.79 Å². The predicted octanol–water partition coefficient (Wildman–Crippen LogP) is 3.63. The molecule has 102 valence electrons. The lowest BCUT2D eigenvalue weighted by molar-refractivity contribution is 0.112. The molecule has 1 aliphatic heterocycles. The summed E-state index contributed by atoms with van der Waals surface area (Å²) in [5.41, 5.74) is 2.59. The molecule has 3 heteroatoms. The van der Waals surface area contributed by atoms with E-state index in [9.17, 15) is 9.18 Å². The van der Waals surface area contributed by atoms with Crippen LogP contribution in [0.3, 0.4) is 0 Å². The van der Waals surface area contributed by atoms with Gasteiger partial charge in [0.2, 0.25) is 0 Å². The number of halogens is 1. The molecule has 0 bridgehead atoms. The van der Waals surface area contributed by atoms with Crippen molar-refractivity contribution in [2.75, 3.05) is 18.0 Å². The number of rotatable bonds is 3. The van der Waals surface area contributed by atoms with Crippen LogP contribution in [0.1, 0.15) is 28.3 Å². The normalized spacial score (nSPS) is 18.2. The van der Waals surface area contributed by atoms with Crippen molar-refractivity contribution in [2.45, 2.75) is 12.3 Å². The molecular formula is C17H16FNO. The standard InChI is InChI=1S/C17H16FNO/c18-16-6-7-17(15(10-16)12-20)19-9-8-14(11-19)13-4-2-1-3-5-13/h1-7,10,12,14H,8-9,11H2. The van der Waals surface area contributed by atoms with E-state index in [1.54, 1.807) is 6.07 Å². The van der Waals surface area contributed by atoms with E-state index in [2.05, 4.69) is 17.0 Å². The Bertz CT molecular complexity index is 612. The number of carbonyl (C=O) groups is 1. The molecule has 0 saturated carbocycles. The molecule has 0 aliphatic carbocycles. The van der Waals surface area contributed by atoms with Crippen LogP contribution < -0.4 is 4.90 Å². The van der Waals surface area contributed by atoms with Gasteiger partial charge < -0.3 is 4.90 Å². The average molecular weight is 269 g/mol. The Morgan fingerprint density at radius 3 is 2.70 bits per heavy atom. The molecule has 0 aromatic heterocycles. The summed E-state index contributed by atoms with van der Waals surface area (Å²) >= 11 is 0. The molecule has 2 nitrogen and oxygen atoms in total. The number of carbonyl (C=O) groups excluding carboxylic acids is 1. The molecule has 0 amide bonds. The van der Waals surface area contributed by atoms with Crippen molar-refractivity contribution >= 4 is 12.0 Å². The van der Waals surface area contributed by atoms with Crippen LogP contribution in [0.25, 0.3) is 0 Å². The number of benzene rings is 2. The highest BCUT2D eigenvalue weighted by atomic mass is 19.1. The van der Waals surface area contributed by atoms with E-state index in [-0.39, 0.29) is 5.82 Å². The van der Waals surface area contributed by atoms with E-state index >= 15 is 0 Å². The van der Waals surface area contributed by atoms with E-state index in [1.165, 1.54) is 17.7 Å². The third kappa shape index (κ3) is 2.44. The molecule has 3 rings (SSSR count). The zero-order valence-electron chi connectivity index (χ0n) is 11.1. The SMILES string of the molecule is O=Cc1cc(F)ccc1N1CCC(c2ccccc2)C1. The van der Waals surface area contributed by atoms with Crippen molar-refractivity contribution in [3.63, 3.8) is 0 Å². The number of aldehydes is 1. The lowest BCUT2D eigenvalue weighted by Gasteiger charge is -2.20. The summed E-state index contributed by atoms with van der Waals surface area (Å²) in [6, 6.07) is 14.8. The van der Waals surface area contributed by atoms with Crippen molar-refractivity contribution in [2.24, 2.45) is 0 Å². The van der Waals surface area contributed by atoms with E-state index in [0.29, 0.717) is 11.5 Å². The predicted molar refractivity (Wildman–Crippen MR) is 77.8 cm³/mol. The minimum Gasteiger partial charge on any atom is -0.370 e. The van der Waals surface area contributed by atoms with Gasteiger partial charge in [0.15, 0.2) is 6.29 Å². The first kappa shape index (κ1) is 12.9. The Morgan fingerprint density at radius 2 is 1.95 bits per heavy atom. The summed E-state index contributed by atoms with van der Waals surface area (Å²) in [4.78, 5) is 13.3. The summed E-state index contributed by atoms with van der Waals surface area (Å²) in [5.74, 6) is 0.107. The van der Waals surface area contributed by atoms with Crippen LogP contribution in [0, 0.1) is 5.82 Å². The quantitative estimate of drug-likeness (QED) is 0.793. The van der Waals surface area contributed by atoms with Crippen molar-refractivity contribution in [1.82, 2.24) is 0 Å². The second-order valence-corrected chi connectivity index (χ2v) is 5.16. The highest BCUT2D eigenvalue weighted by Gasteiger charge is 2.25. The first-order chi connectivity index (χ1) is 9.78. The summed E-state index contributed by atoms with van der Waals surface area (Å²) < 4.78 is 13.2. The van der Waals surface area contributed by atoms with Gasteiger partial charge in [0.25, 0.3) is 0 Å². The molecule has 1 unspecified atom stereocenters. The van der Waals surface area contributed by atoms with Crippen molar-refractivity contribution < 1.29 is 9.18 Å². The lowest BCUT2D eigenvalue weighted by atomic mass is 9.99. The number of hydrogen-bond donors (Lipinski definition) is 0. The molecule has 1 fully saturated rings. The summed E-state index contributed by atoms with van der Waals surface area (Å²) in [6.07, 6.45) is 1.79. The Morgan fingerprint density at radius 1 is 1.15 bits per heavy atom. The third-order valence-corrected chi connectivity index (χ3v) is 3.92. The third-order valence-electron chi connectivity index (χ3n) is 3.92. The topological polar surface area (TPSA) is 20.3 Å². The fourth-order valence-corrected chi connectivity index (χ4v) is 2.88. The minimum absolute atomic E-state index is 0.366. The van der Waals surface area contributed by atoms with Crippen molar-refractivity contribution in [3.8, 4) is 0 Å². The smallest absolute Gasteiger partial charge is 0.152 e. The Balaban J connectivity index is 1.82. The van der Waals surface area contributed by atoms with Crippen LogP contribution in [-0.4, -0.2) is 19.4 Å². The summed E-state index contributed by atoms with van der Waals surface area (Å²) in [5, 5.41) is 0. The Kier molecular flexibility index (Phi) is 3.50. The first-order valence-corrected chi connectivity index (χ1v) is 6.82. The van der Waals surface area contributed by atoms with Crippen LogP contribution >= 0.6 is 0 Å². The highest BCUT2D eigenvalue weighted by molar-refractivity contribution is 5.84. The second-order valence-electron chi connectivity index (χ2n) is 5.16. The average Bonchev–Trinajstić information content (AvgIpc) is 2.97. The Hall–Kier alpha value is -2.16. The minimum atomic E-state index is -0.366. The Labute approximate surface area is 117 Å². The number of hydrogen-bond acceptors (Lipinski definition) is 2. The van der Waals surface area contributed by atoms with Gasteiger partial charge in [-0.05, 0) is 30.2 Å². The van der Waals surface area contributed by atoms with Gasteiger partial charge in [0.05, 0.1) is 0 Å². The van der Waals surface area contributed by atoms with Crippen LogP contribution in [0.15, 0.2) is 48.5 Å². The zero-order valence-corrected chi connectivity index (χ0v) is 11.1. The molecular weight excluding hydrogens is 253 g/mol. The summed E-state index contributed by atoms with van der Waals surface area (Å²) in [7, 11) is 0. The van der Waals surface area contributed by atoms with Gasteiger partial charge >= 0.3 is 0 Å². The van der Waals surface area contributed by atoms with Crippen LogP contribution in [-0.2, 0) is 0 Å². The van der Waals surface area contributed by atoms with Crippen molar-refractivity contribution in [3.05, 3.63) is 65.5 Å². The van der Waals surface area contributed by atoms with Crippen molar-refractivity contribution in [1.29, 1.82) is 0 Å². The van der Waals surface area contributed by atoms with E-state index < -0.39 is 0 Å². The highest BCUT2D eigenvalue weighted by Crippen LogP contribution is 2.32. The van der Waals surface area contributed by atoms with E-state index in [4.69, 9.17) is 0 Å². The number of nitrogens with zero attached hydrogens (tertiary/aromatic N) is 1. The summed E-state index contributed by atoms with van der Waals surface area (Å²) in [6.45, 7) is 1.77. The maximum absolute atomic E-state index is 13.2. The van der Waals surface area contributed by atoms with Crippen LogP contribution in [0.5, 0.6) is 0 Å². The number of anilines is 1. The van der Waals surface area contributed by atoms with Gasteiger partial charge in [-0.1, -0.05) is 30.3 Å². The molecule has 1 atom stereocenters. The first-order valence-electron chi connectivity index (χ1n) is 6.82. The lowest BCUT2D eigenvalue weighted by Crippen LogP contribution is -2.20. The molecule has 1 heterocycles. The zero-order chi connectivity index (χ0) is 13.9. The molecule has 2 aromatic rings. The van der Waals surface area contributed by atoms with E-state index in [1.807, 2.05) is 18.2 Å². The van der Waals surface area contributed by atoms with Gasteiger partial charge in [0, 0.05) is 30.3 Å². The molecule has 0 spiro atoms. The van der Waals surface area contributed by atoms with Gasteiger partial charge in [-0.15, -0.1) is 0 Å². The monoisotopic (exact) mass is 269 g/mol. The van der Waals surface area contributed by atoms with Gasteiger partial charge in [-0.25, -0.2) is 4.39 Å². The van der Waals surface area contributed by atoms with E-state index in [0.717, 1.165) is 31.5 Å². The molecule has 0 N–H and O–H groups in total. The second kappa shape index (κ2) is 5.45. The largest absolute Gasteiger partial charge is 0.370 e. The van der Waals surface area contributed by atoms with Gasteiger partial charge in [0.1, 0.15) is 5.82 Å². The fraction of sp³-hybridized carbons (Fsp3) is 0.235.